The van der Waals surface area contributed by atoms with Crippen LogP contribution in [0.2, 0.25) is 0 Å². The van der Waals surface area contributed by atoms with Crippen LogP contribution in [0.1, 0.15) is 74.3 Å². The van der Waals surface area contributed by atoms with E-state index in [1.807, 2.05) is 12.2 Å². The van der Waals surface area contributed by atoms with Crippen LogP contribution in [0.25, 0.3) is 11.1 Å². The Hall–Kier alpha value is -2.44. The zero-order valence-electron chi connectivity index (χ0n) is 20.6. The van der Waals surface area contributed by atoms with E-state index in [2.05, 4.69) is 13.2 Å². The predicted octanol–water partition coefficient (Wildman–Crippen LogP) is 8.37. The highest BCUT2D eigenvalue weighted by atomic mass is 19.2. The van der Waals surface area contributed by atoms with E-state index in [0.717, 1.165) is 38.5 Å². The first-order chi connectivity index (χ1) is 17.4. The molecule has 4 unspecified atom stereocenters. The van der Waals surface area contributed by atoms with Crippen LogP contribution in [0.3, 0.4) is 0 Å². The Bertz CT molecular complexity index is 982. The van der Waals surface area contributed by atoms with Gasteiger partial charge in [0.05, 0.1) is 25.4 Å². The number of benzene rings is 2. The summed E-state index contributed by atoms with van der Waals surface area (Å²) in [4.78, 5) is 0. The SMILES string of the molecule is C=CCCC1CCC(c2ccc(-c3ccc(C4CCC(CCC=C)OC4)c(F)c3F)c(F)c2F)CO1. The van der Waals surface area contributed by atoms with Crippen molar-refractivity contribution in [1.82, 2.24) is 0 Å². The van der Waals surface area contributed by atoms with Crippen molar-refractivity contribution in [3.63, 3.8) is 0 Å². The highest BCUT2D eigenvalue weighted by molar-refractivity contribution is 5.66. The first-order valence-electron chi connectivity index (χ1n) is 12.9. The minimum atomic E-state index is -1.17. The van der Waals surface area contributed by atoms with E-state index in [9.17, 15) is 0 Å². The highest BCUT2D eigenvalue weighted by Crippen LogP contribution is 2.38. The van der Waals surface area contributed by atoms with E-state index >= 15 is 17.6 Å². The summed E-state index contributed by atoms with van der Waals surface area (Å²) in [6.07, 6.45) is 10.1. The minimum absolute atomic E-state index is 0.0922. The van der Waals surface area contributed by atoms with Crippen LogP contribution in [-0.2, 0) is 9.47 Å². The Labute approximate surface area is 211 Å². The van der Waals surface area contributed by atoms with E-state index in [1.165, 1.54) is 24.3 Å². The average Bonchev–Trinajstić information content (AvgIpc) is 2.90. The molecule has 0 saturated carbocycles. The maximum Gasteiger partial charge on any atom is 0.167 e. The van der Waals surface area contributed by atoms with Gasteiger partial charge in [-0.3, -0.25) is 0 Å². The summed E-state index contributed by atoms with van der Waals surface area (Å²) in [5.74, 6) is -4.95. The Morgan fingerprint density at radius 3 is 1.39 bits per heavy atom. The second-order valence-electron chi connectivity index (χ2n) is 9.85. The quantitative estimate of drug-likeness (QED) is 0.253. The lowest BCUT2D eigenvalue weighted by molar-refractivity contribution is -0.000989. The number of allylic oxidation sites excluding steroid dienone is 2. The monoisotopic (exact) mass is 502 g/mol. The summed E-state index contributed by atoms with van der Waals surface area (Å²) in [5.41, 5.74) is -0.157. The standard InChI is InChI=1S/C30H34F4O2/c1-3-5-7-21-11-9-19(17-35-21)23-13-15-25(29(33)27(23)31)26-16-14-24(28(32)30(26)34)20-10-12-22(36-18-20)8-6-4-2/h3-4,13-16,19-22H,1-2,5-12,17-18H2. The average molecular weight is 503 g/mol. The minimum Gasteiger partial charge on any atom is -0.378 e. The Morgan fingerprint density at radius 1 is 0.639 bits per heavy atom. The molecule has 0 spiro atoms. The van der Waals surface area contributed by atoms with Crippen LogP contribution in [0.15, 0.2) is 49.6 Å². The number of hydrogen-bond donors (Lipinski definition) is 0. The largest absolute Gasteiger partial charge is 0.378 e. The van der Waals surface area contributed by atoms with Gasteiger partial charge in [-0.15, -0.1) is 13.2 Å². The molecule has 6 heteroatoms. The predicted molar refractivity (Wildman–Crippen MR) is 134 cm³/mol. The van der Waals surface area contributed by atoms with Gasteiger partial charge in [-0.05, 0) is 62.5 Å². The number of ether oxygens (including phenoxy) is 2. The molecule has 36 heavy (non-hydrogen) atoms. The van der Waals surface area contributed by atoms with Crippen LogP contribution < -0.4 is 0 Å². The topological polar surface area (TPSA) is 18.5 Å². The fraction of sp³-hybridized carbons (Fsp3) is 0.467. The summed E-state index contributed by atoms with van der Waals surface area (Å²) in [6, 6.07) is 5.61. The Morgan fingerprint density at radius 2 is 1.06 bits per heavy atom. The summed E-state index contributed by atoms with van der Waals surface area (Å²) in [7, 11) is 0. The molecule has 2 saturated heterocycles. The van der Waals surface area contributed by atoms with Crippen molar-refractivity contribution < 1.29 is 27.0 Å². The van der Waals surface area contributed by atoms with Crippen LogP contribution in [0, 0.1) is 23.3 Å². The number of rotatable bonds is 9. The second-order valence-corrected chi connectivity index (χ2v) is 9.85. The van der Waals surface area contributed by atoms with Crippen LogP contribution >= 0.6 is 0 Å². The molecular formula is C30H34F4O2. The number of halogens is 4. The number of hydrogen-bond acceptors (Lipinski definition) is 2. The van der Waals surface area contributed by atoms with E-state index < -0.39 is 23.3 Å². The molecule has 2 aliphatic heterocycles. The van der Waals surface area contributed by atoms with Gasteiger partial charge in [-0.1, -0.05) is 36.4 Å². The van der Waals surface area contributed by atoms with Crippen molar-refractivity contribution in [2.75, 3.05) is 13.2 Å². The Balaban J connectivity index is 1.49. The van der Waals surface area contributed by atoms with Crippen molar-refractivity contribution in [3.8, 4) is 11.1 Å². The molecule has 0 aromatic heterocycles. The molecular weight excluding hydrogens is 468 g/mol. The summed E-state index contributed by atoms with van der Waals surface area (Å²) in [6.45, 7) is 8.01. The zero-order chi connectivity index (χ0) is 25.7. The molecule has 0 amide bonds. The molecule has 4 rings (SSSR count). The van der Waals surface area contributed by atoms with Crippen molar-refractivity contribution >= 4 is 0 Å². The first kappa shape index (κ1) is 26.6. The molecule has 0 aliphatic carbocycles. The fourth-order valence-corrected chi connectivity index (χ4v) is 5.34. The highest BCUT2D eigenvalue weighted by Gasteiger charge is 2.30. The van der Waals surface area contributed by atoms with Crippen molar-refractivity contribution in [3.05, 3.63) is 84.0 Å². The third kappa shape index (κ3) is 5.76. The lowest BCUT2D eigenvalue weighted by Crippen LogP contribution is -2.25. The molecule has 2 fully saturated rings. The van der Waals surface area contributed by atoms with Gasteiger partial charge in [-0.2, -0.15) is 0 Å². The third-order valence-electron chi connectivity index (χ3n) is 7.52. The molecule has 0 N–H and O–H groups in total. The van der Waals surface area contributed by atoms with E-state index in [1.54, 1.807) is 0 Å². The third-order valence-corrected chi connectivity index (χ3v) is 7.52. The second kappa shape index (κ2) is 12.2. The van der Waals surface area contributed by atoms with Crippen molar-refractivity contribution in [2.24, 2.45) is 0 Å². The summed E-state index contributed by atoms with van der Waals surface area (Å²) in [5, 5.41) is 0. The zero-order valence-corrected chi connectivity index (χ0v) is 20.6. The Kier molecular flexibility index (Phi) is 9.02. The van der Waals surface area contributed by atoms with Gasteiger partial charge >= 0.3 is 0 Å². The van der Waals surface area contributed by atoms with Gasteiger partial charge in [0.25, 0.3) is 0 Å². The molecule has 2 nitrogen and oxygen atoms in total. The summed E-state index contributed by atoms with van der Waals surface area (Å²) >= 11 is 0. The molecule has 194 valence electrons. The maximum absolute atomic E-state index is 15.1. The van der Waals surface area contributed by atoms with Crippen LogP contribution in [0.5, 0.6) is 0 Å². The van der Waals surface area contributed by atoms with Crippen molar-refractivity contribution in [2.45, 2.75) is 75.4 Å². The van der Waals surface area contributed by atoms with Gasteiger partial charge in [0.15, 0.2) is 23.3 Å². The van der Waals surface area contributed by atoms with Gasteiger partial charge in [0, 0.05) is 23.0 Å². The molecule has 0 radical (unpaired) electrons. The van der Waals surface area contributed by atoms with Crippen LogP contribution in [-0.4, -0.2) is 25.4 Å². The molecule has 2 aromatic carbocycles. The van der Waals surface area contributed by atoms with Gasteiger partial charge in [0.2, 0.25) is 0 Å². The smallest absolute Gasteiger partial charge is 0.167 e. The first-order valence-corrected chi connectivity index (χ1v) is 12.9. The molecule has 2 heterocycles. The van der Waals surface area contributed by atoms with Crippen molar-refractivity contribution in [1.29, 1.82) is 0 Å². The molecule has 2 aliphatic rings. The lowest BCUT2D eigenvalue weighted by atomic mass is 9.87. The van der Waals surface area contributed by atoms with Gasteiger partial charge < -0.3 is 9.47 Å². The molecule has 4 atom stereocenters. The van der Waals surface area contributed by atoms with Gasteiger partial charge in [0.1, 0.15) is 0 Å². The fourth-order valence-electron chi connectivity index (χ4n) is 5.34. The van der Waals surface area contributed by atoms with Crippen LogP contribution in [0.4, 0.5) is 17.6 Å². The molecule has 2 aromatic rings. The van der Waals surface area contributed by atoms with E-state index in [0.29, 0.717) is 26.1 Å². The van der Waals surface area contributed by atoms with Gasteiger partial charge in [-0.25, -0.2) is 17.6 Å². The molecule has 0 bridgehead atoms. The van der Waals surface area contributed by atoms with E-state index in [-0.39, 0.29) is 46.3 Å². The summed E-state index contributed by atoms with van der Waals surface area (Å²) < 4.78 is 72.0. The normalized spacial score (nSPS) is 24.4. The lowest BCUT2D eigenvalue weighted by Gasteiger charge is -2.30. The van der Waals surface area contributed by atoms with E-state index in [4.69, 9.17) is 9.47 Å². The maximum atomic E-state index is 15.1.